The molecule has 1 amide bonds. The van der Waals surface area contributed by atoms with E-state index in [-0.39, 0.29) is 18.6 Å². The molecule has 3 rings (SSSR count). The minimum atomic E-state index is -0.511. The van der Waals surface area contributed by atoms with Crippen molar-refractivity contribution in [3.05, 3.63) is 41.1 Å². The number of nitrogens with zero attached hydrogens (tertiary/aromatic N) is 1. The monoisotopic (exact) mass is 368 g/mol. The third kappa shape index (κ3) is 4.46. The van der Waals surface area contributed by atoms with Crippen molar-refractivity contribution >= 4 is 22.8 Å². The van der Waals surface area contributed by atoms with Gasteiger partial charge in [-0.25, -0.2) is 4.79 Å². The summed E-state index contributed by atoms with van der Waals surface area (Å²) in [6.45, 7) is 7.91. The predicted octanol–water partition coefficient (Wildman–Crippen LogP) is 3.95. The van der Waals surface area contributed by atoms with Gasteiger partial charge in [-0.2, -0.15) is 0 Å². The van der Waals surface area contributed by atoms with Crippen LogP contribution in [0.2, 0.25) is 0 Å². The van der Waals surface area contributed by atoms with Crippen LogP contribution in [0.5, 0.6) is 0 Å². The molecule has 0 saturated heterocycles. The van der Waals surface area contributed by atoms with Gasteiger partial charge in [-0.1, -0.05) is 38.3 Å². The number of benzene rings is 1. The highest BCUT2D eigenvalue weighted by molar-refractivity contribution is 5.96. The number of ether oxygens (including phenoxy) is 1. The topological polar surface area (TPSA) is 68.3 Å². The van der Waals surface area contributed by atoms with Crippen LogP contribution in [-0.4, -0.2) is 29.5 Å². The van der Waals surface area contributed by atoms with Crippen molar-refractivity contribution in [2.45, 2.75) is 53.0 Å². The molecular weight excluding hydrogens is 340 g/mol. The average Bonchev–Trinajstić information content (AvgIpc) is 2.63. The molecule has 1 heterocycles. The first-order valence-corrected chi connectivity index (χ1v) is 9.69. The first-order chi connectivity index (χ1) is 12.8. The maximum Gasteiger partial charge on any atom is 0.340 e. The Hall–Kier alpha value is -2.43. The molecule has 1 aliphatic rings. The number of carbonyl (C=O) groups excluding carboxylic acids is 2. The van der Waals surface area contributed by atoms with Gasteiger partial charge in [0, 0.05) is 11.4 Å². The Bertz CT molecular complexity index is 862. The maximum absolute atomic E-state index is 12.5. The molecule has 0 aliphatic heterocycles. The van der Waals surface area contributed by atoms with Crippen LogP contribution in [0.1, 0.15) is 54.7 Å². The number of aromatic nitrogens is 1. The van der Waals surface area contributed by atoms with Crippen LogP contribution in [0.25, 0.3) is 10.9 Å². The molecule has 27 heavy (non-hydrogen) atoms. The highest BCUT2D eigenvalue weighted by atomic mass is 16.5. The Kier molecular flexibility index (Phi) is 5.78. The number of hydrogen-bond acceptors (Lipinski definition) is 4. The van der Waals surface area contributed by atoms with E-state index < -0.39 is 5.97 Å². The second-order valence-corrected chi connectivity index (χ2v) is 7.83. The molecule has 0 spiro atoms. The quantitative estimate of drug-likeness (QED) is 0.830. The van der Waals surface area contributed by atoms with Crippen LogP contribution >= 0.6 is 0 Å². The number of esters is 1. The van der Waals surface area contributed by atoms with Gasteiger partial charge < -0.3 is 10.1 Å². The fourth-order valence-electron chi connectivity index (χ4n) is 3.84. The van der Waals surface area contributed by atoms with Gasteiger partial charge in [-0.05, 0) is 50.3 Å². The van der Waals surface area contributed by atoms with E-state index in [1.54, 1.807) is 13.0 Å². The molecule has 0 bridgehead atoms. The standard InChI is InChI=1S/C22H28N2O3/c1-13-8-9-20-17(10-13)11-18(16(4)23-20)22(26)27-12-21(25)24-19-7-5-6-14(2)15(19)3/h8-11,14-15,19H,5-7,12H2,1-4H3,(H,24,25). The summed E-state index contributed by atoms with van der Waals surface area (Å²) in [6.07, 6.45) is 3.31. The van der Waals surface area contributed by atoms with Gasteiger partial charge in [0.2, 0.25) is 0 Å². The van der Waals surface area contributed by atoms with Crippen molar-refractivity contribution in [2.75, 3.05) is 6.61 Å². The summed E-state index contributed by atoms with van der Waals surface area (Å²) in [7, 11) is 0. The minimum absolute atomic E-state index is 0.159. The van der Waals surface area contributed by atoms with Gasteiger partial charge in [-0.3, -0.25) is 9.78 Å². The van der Waals surface area contributed by atoms with Gasteiger partial charge in [0.1, 0.15) is 0 Å². The predicted molar refractivity (Wildman–Crippen MR) is 106 cm³/mol. The number of nitrogens with one attached hydrogen (secondary N) is 1. The Labute approximate surface area is 160 Å². The Balaban J connectivity index is 1.62. The number of aryl methyl sites for hydroxylation is 2. The van der Waals surface area contributed by atoms with Crippen molar-refractivity contribution in [3.63, 3.8) is 0 Å². The first-order valence-electron chi connectivity index (χ1n) is 9.69. The minimum Gasteiger partial charge on any atom is -0.452 e. The fourth-order valence-corrected chi connectivity index (χ4v) is 3.84. The summed E-state index contributed by atoms with van der Waals surface area (Å²) >= 11 is 0. The third-order valence-electron chi connectivity index (χ3n) is 5.77. The molecule has 5 nitrogen and oxygen atoms in total. The highest BCUT2D eigenvalue weighted by Gasteiger charge is 2.28. The molecule has 1 N–H and O–H groups in total. The smallest absolute Gasteiger partial charge is 0.340 e. The third-order valence-corrected chi connectivity index (χ3v) is 5.77. The number of carbonyl (C=O) groups is 2. The maximum atomic E-state index is 12.5. The summed E-state index contributed by atoms with van der Waals surface area (Å²) in [6, 6.07) is 7.86. The van der Waals surface area contributed by atoms with E-state index in [4.69, 9.17) is 4.74 Å². The molecule has 0 radical (unpaired) electrons. The Morgan fingerprint density at radius 1 is 1.19 bits per heavy atom. The fraction of sp³-hybridized carbons (Fsp3) is 0.500. The van der Waals surface area contributed by atoms with E-state index in [0.29, 0.717) is 23.1 Å². The lowest BCUT2D eigenvalue weighted by molar-refractivity contribution is -0.125. The van der Waals surface area contributed by atoms with Crippen molar-refractivity contribution in [2.24, 2.45) is 11.8 Å². The second-order valence-electron chi connectivity index (χ2n) is 7.83. The molecule has 1 aromatic heterocycles. The second kappa shape index (κ2) is 8.07. The first kappa shape index (κ1) is 19.3. The number of hydrogen-bond donors (Lipinski definition) is 1. The molecular formula is C22H28N2O3. The van der Waals surface area contributed by atoms with E-state index in [2.05, 4.69) is 24.1 Å². The molecule has 2 aromatic rings. The lowest BCUT2D eigenvalue weighted by Gasteiger charge is -2.34. The zero-order valence-electron chi connectivity index (χ0n) is 16.5. The number of fused-ring (bicyclic) bond motifs is 1. The summed E-state index contributed by atoms with van der Waals surface area (Å²) in [5.41, 5.74) is 2.95. The largest absolute Gasteiger partial charge is 0.452 e. The van der Waals surface area contributed by atoms with Crippen molar-refractivity contribution in [1.82, 2.24) is 10.3 Å². The van der Waals surface area contributed by atoms with Crippen molar-refractivity contribution in [3.8, 4) is 0 Å². The molecule has 144 valence electrons. The summed E-state index contributed by atoms with van der Waals surface area (Å²) in [5.74, 6) is 0.287. The van der Waals surface area contributed by atoms with Gasteiger partial charge in [0.15, 0.2) is 6.61 Å². The van der Waals surface area contributed by atoms with Gasteiger partial charge in [0.25, 0.3) is 5.91 Å². The molecule has 5 heteroatoms. The van der Waals surface area contributed by atoms with E-state index in [9.17, 15) is 9.59 Å². The molecule has 3 atom stereocenters. The Morgan fingerprint density at radius 2 is 1.96 bits per heavy atom. The molecule has 1 aromatic carbocycles. The summed E-state index contributed by atoms with van der Waals surface area (Å²) in [5, 5.41) is 3.92. The molecule has 1 aliphatic carbocycles. The van der Waals surface area contributed by atoms with Crippen LogP contribution < -0.4 is 5.32 Å². The lowest BCUT2D eigenvalue weighted by atomic mass is 9.78. The van der Waals surface area contributed by atoms with Crippen LogP contribution in [0.4, 0.5) is 0 Å². The normalized spacial score (nSPS) is 22.4. The zero-order chi connectivity index (χ0) is 19.6. The molecule has 1 saturated carbocycles. The highest BCUT2D eigenvalue weighted by Crippen LogP contribution is 2.29. The van der Waals surface area contributed by atoms with Crippen LogP contribution in [0.15, 0.2) is 24.3 Å². The van der Waals surface area contributed by atoms with E-state index in [1.165, 1.54) is 6.42 Å². The van der Waals surface area contributed by atoms with Gasteiger partial charge >= 0.3 is 5.97 Å². The zero-order valence-corrected chi connectivity index (χ0v) is 16.5. The van der Waals surface area contributed by atoms with E-state index in [1.807, 2.05) is 25.1 Å². The van der Waals surface area contributed by atoms with Crippen LogP contribution in [-0.2, 0) is 9.53 Å². The average molecular weight is 368 g/mol. The van der Waals surface area contributed by atoms with E-state index in [0.717, 1.165) is 29.3 Å². The number of rotatable bonds is 4. The van der Waals surface area contributed by atoms with Crippen molar-refractivity contribution in [1.29, 1.82) is 0 Å². The van der Waals surface area contributed by atoms with Gasteiger partial charge in [0.05, 0.1) is 16.8 Å². The van der Waals surface area contributed by atoms with Gasteiger partial charge in [-0.15, -0.1) is 0 Å². The molecule has 3 unspecified atom stereocenters. The van der Waals surface area contributed by atoms with Crippen LogP contribution in [0, 0.1) is 25.7 Å². The lowest BCUT2D eigenvalue weighted by Crippen LogP contribution is -2.45. The SMILES string of the molecule is Cc1ccc2nc(C)c(C(=O)OCC(=O)NC3CCCC(C)C3C)cc2c1. The Morgan fingerprint density at radius 3 is 2.74 bits per heavy atom. The number of amides is 1. The number of pyridine rings is 1. The summed E-state index contributed by atoms with van der Waals surface area (Å²) in [4.78, 5) is 29.2. The van der Waals surface area contributed by atoms with Crippen molar-refractivity contribution < 1.29 is 14.3 Å². The molecule has 1 fully saturated rings. The van der Waals surface area contributed by atoms with Crippen LogP contribution in [0.3, 0.4) is 0 Å². The summed E-state index contributed by atoms with van der Waals surface area (Å²) < 4.78 is 5.26. The van der Waals surface area contributed by atoms with E-state index >= 15 is 0 Å².